The third-order valence-corrected chi connectivity index (χ3v) is 5.49. The van der Waals surface area contributed by atoms with Crippen LogP contribution in [0.3, 0.4) is 0 Å². The first-order chi connectivity index (χ1) is 9.40. The van der Waals surface area contributed by atoms with Crippen molar-refractivity contribution < 1.29 is 4.52 Å². The molecule has 1 aromatic rings. The predicted molar refractivity (Wildman–Crippen MR) is 77.1 cm³/mol. The fraction of sp³-hybridized carbons (Fsp3) is 0.857. The summed E-state index contributed by atoms with van der Waals surface area (Å²) in [6, 6.07) is 0. The van der Waals surface area contributed by atoms with Crippen LogP contribution < -0.4 is 5.32 Å². The summed E-state index contributed by atoms with van der Waals surface area (Å²) in [7, 11) is 0. The number of nitrogens with zero attached hydrogens (tertiary/aromatic N) is 2. The van der Waals surface area contributed by atoms with Gasteiger partial charge in [-0.1, -0.05) is 18.0 Å². The van der Waals surface area contributed by atoms with Crippen molar-refractivity contribution in [1.82, 2.24) is 15.5 Å². The van der Waals surface area contributed by atoms with Crippen molar-refractivity contribution in [2.45, 2.75) is 55.9 Å². The van der Waals surface area contributed by atoms with Gasteiger partial charge in [0.05, 0.1) is 5.75 Å². The van der Waals surface area contributed by atoms with Crippen LogP contribution in [0.5, 0.6) is 0 Å². The minimum Gasteiger partial charge on any atom is -0.339 e. The van der Waals surface area contributed by atoms with Crippen molar-refractivity contribution in [2.75, 3.05) is 13.1 Å². The van der Waals surface area contributed by atoms with E-state index in [1.54, 1.807) is 0 Å². The lowest BCUT2D eigenvalue weighted by atomic mass is 9.96. The van der Waals surface area contributed by atoms with E-state index in [1.165, 1.54) is 38.5 Å². The number of hydrogen-bond donors (Lipinski definition) is 1. The highest BCUT2D eigenvalue weighted by Crippen LogP contribution is 2.31. The first-order valence-electron chi connectivity index (χ1n) is 7.54. The zero-order chi connectivity index (χ0) is 12.9. The van der Waals surface area contributed by atoms with Crippen molar-refractivity contribution in [3.05, 3.63) is 11.7 Å². The third kappa shape index (κ3) is 3.96. The van der Waals surface area contributed by atoms with Crippen molar-refractivity contribution in [2.24, 2.45) is 5.92 Å². The molecule has 19 heavy (non-hydrogen) atoms. The first kappa shape index (κ1) is 13.4. The molecule has 1 aliphatic carbocycles. The number of rotatable bonds is 5. The summed E-state index contributed by atoms with van der Waals surface area (Å²) >= 11 is 2.00. The third-order valence-electron chi connectivity index (χ3n) is 4.12. The molecule has 3 rings (SSSR count). The second kappa shape index (κ2) is 6.75. The molecule has 4 nitrogen and oxygen atoms in total. The zero-order valence-electron chi connectivity index (χ0n) is 11.4. The Morgan fingerprint density at radius 3 is 2.89 bits per heavy atom. The van der Waals surface area contributed by atoms with Crippen molar-refractivity contribution in [1.29, 1.82) is 0 Å². The van der Waals surface area contributed by atoms with Gasteiger partial charge >= 0.3 is 0 Å². The van der Waals surface area contributed by atoms with Crippen LogP contribution in [0.25, 0.3) is 0 Å². The van der Waals surface area contributed by atoms with Crippen LogP contribution in [0.2, 0.25) is 0 Å². The second-order valence-electron chi connectivity index (χ2n) is 5.74. The van der Waals surface area contributed by atoms with Crippen LogP contribution in [0.1, 0.15) is 50.2 Å². The van der Waals surface area contributed by atoms with Gasteiger partial charge in [0.25, 0.3) is 0 Å². The van der Waals surface area contributed by atoms with Crippen LogP contribution in [-0.4, -0.2) is 28.5 Å². The van der Waals surface area contributed by atoms with E-state index in [2.05, 4.69) is 15.5 Å². The molecule has 0 amide bonds. The van der Waals surface area contributed by atoms with E-state index in [9.17, 15) is 0 Å². The SMILES string of the molecule is C1CNCC(Cc2nc(CSC3CCCC3)no2)C1. The molecule has 2 aliphatic rings. The average Bonchev–Trinajstić information content (AvgIpc) is 3.09. The standard InChI is InChI=1S/C14H23N3OS/c1-2-6-12(5-1)19-10-13-16-14(18-17-13)8-11-4-3-7-15-9-11/h11-12,15H,1-10H2. The number of piperidine rings is 1. The highest BCUT2D eigenvalue weighted by atomic mass is 32.2. The van der Waals surface area contributed by atoms with Gasteiger partial charge in [-0.25, -0.2) is 0 Å². The first-order valence-corrected chi connectivity index (χ1v) is 8.59. The highest BCUT2D eigenvalue weighted by molar-refractivity contribution is 7.99. The molecule has 1 saturated heterocycles. The molecule has 2 heterocycles. The molecular formula is C14H23N3OS. The summed E-state index contributed by atoms with van der Waals surface area (Å²) in [5.41, 5.74) is 0. The van der Waals surface area contributed by atoms with Gasteiger partial charge in [-0.3, -0.25) is 0 Å². The molecule has 0 spiro atoms. The van der Waals surface area contributed by atoms with Gasteiger partial charge in [-0.05, 0) is 44.7 Å². The molecule has 1 N–H and O–H groups in total. The number of nitrogens with one attached hydrogen (secondary N) is 1. The molecule has 0 bridgehead atoms. The molecule has 1 saturated carbocycles. The molecule has 0 radical (unpaired) electrons. The average molecular weight is 281 g/mol. The molecule has 0 aromatic carbocycles. The molecule has 1 aliphatic heterocycles. The number of hydrogen-bond acceptors (Lipinski definition) is 5. The van der Waals surface area contributed by atoms with Gasteiger partial charge in [-0.15, -0.1) is 0 Å². The molecule has 1 atom stereocenters. The Morgan fingerprint density at radius 2 is 2.11 bits per heavy atom. The Balaban J connectivity index is 1.45. The lowest BCUT2D eigenvalue weighted by Crippen LogP contribution is -2.30. The quantitative estimate of drug-likeness (QED) is 0.899. The van der Waals surface area contributed by atoms with Gasteiger partial charge in [0.1, 0.15) is 0 Å². The number of thioether (sulfide) groups is 1. The Kier molecular flexibility index (Phi) is 4.77. The topological polar surface area (TPSA) is 51.0 Å². The molecule has 2 fully saturated rings. The Labute approximate surface area is 119 Å². The van der Waals surface area contributed by atoms with Crippen molar-refractivity contribution in [3.63, 3.8) is 0 Å². The Hall–Kier alpha value is -0.550. The fourth-order valence-corrected chi connectivity index (χ4v) is 4.19. The van der Waals surface area contributed by atoms with E-state index in [0.717, 1.165) is 42.2 Å². The van der Waals surface area contributed by atoms with Crippen LogP contribution in [-0.2, 0) is 12.2 Å². The summed E-state index contributed by atoms with van der Waals surface area (Å²) in [6.07, 6.45) is 9.00. The van der Waals surface area contributed by atoms with Crippen molar-refractivity contribution in [3.8, 4) is 0 Å². The van der Waals surface area contributed by atoms with Crippen LogP contribution in [0.15, 0.2) is 4.52 Å². The lowest BCUT2D eigenvalue weighted by molar-refractivity contribution is 0.315. The van der Waals surface area contributed by atoms with E-state index < -0.39 is 0 Å². The summed E-state index contributed by atoms with van der Waals surface area (Å²) in [5.74, 6) is 3.30. The minimum atomic E-state index is 0.671. The molecule has 5 heteroatoms. The Bertz CT molecular complexity index is 384. The summed E-state index contributed by atoms with van der Waals surface area (Å²) < 4.78 is 5.38. The maximum Gasteiger partial charge on any atom is 0.226 e. The van der Waals surface area contributed by atoms with Crippen molar-refractivity contribution >= 4 is 11.8 Å². The van der Waals surface area contributed by atoms with Gasteiger partial charge in [-0.2, -0.15) is 16.7 Å². The normalized spacial score (nSPS) is 24.9. The molecular weight excluding hydrogens is 258 g/mol. The van der Waals surface area contributed by atoms with Crippen LogP contribution in [0, 0.1) is 5.92 Å². The van der Waals surface area contributed by atoms with E-state index in [4.69, 9.17) is 4.52 Å². The van der Waals surface area contributed by atoms with Gasteiger partial charge < -0.3 is 9.84 Å². The highest BCUT2D eigenvalue weighted by Gasteiger charge is 2.19. The molecule has 1 aromatic heterocycles. The second-order valence-corrected chi connectivity index (χ2v) is 7.03. The van der Waals surface area contributed by atoms with Gasteiger partial charge in [0.15, 0.2) is 5.82 Å². The van der Waals surface area contributed by atoms with Gasteiger partial charge in [0, 0.05) is 11.7 Å². The minimum absolute atomic E-state index is 0.671. The molecule has 1 unspecified atom stereocenters. The summed E-state index contributed by atoms with van der Waals surface area (Å²) in [4.78, 5) is 4.54. The van der Waals surface area contributed by atoms with Crippen LogP contribution >= 0.6 is 11.8 Å². The monoisotopic (exact) mass is 281 g/mol. The lowest BCUT2D eigenvalue weighted by Gasteiger charge is -2.20. The van der Waals surface area contributed by atoms with Gasteiger partial charge in [0.2, 0.25) is 5.89 Å². The fourth-order valence-electron chi connectivity index (χ4n) is 3.02. The molecule has 106 valence electrons. The smallest absolute Gasteiger partial charge is 0.226 e. The number of aromatic nitrogens is 2. The zero-order valence-corrected chi connectivity index (χ0v) is 12.3. The predicted octanol–water partition coefficient (Wildman–Crippen LogP) is 2.79. The van der Waals surface area contributed by atoms with Crippen LogP contribution in [0.4, 0.5) is 0 Å². The summed E-state index contributed by atoms with van der Waals surface area (Å²) in [6.45, 7) is 2.25. The Morgan fingerprint density at radius 1 is 1.21 bits per heavy atom. The summed E-state index contributed by atoms with van der Waals surface area (Å²) in [5, 5.41) is 8.37. The van der Waals surface area contributed by atoms with E-state index in [1.807, 2.05) is 11.8 Å². The maximum atomic E-state index is 5.38. The van der Waals surface area contributed by atoms with E-state index in [0.29, 0.717) is 5.92 Å². The van der Waals surface area contributed by atoms with E-state index >= 15 is 0 Å². The van der Waals surface area contributed by atoms with E-state index in [-0.39, 0.29) is 0 Å². The largest absolute Gasteiger partial charge is 0.339 e. The maximum absolute atomic E-state index is 5.38.